The molecule has 1 N–H and O–H groups in total. The van der Waals surface area contributed by atoms with Crippen molar-refractivity contribution in [1.82, 2.24) is 4.98 Å². The van der Waals surface area contributed by atoms with Crippen LogP contribution in [0.3, 0.4) is 0 Å². The zero-order chi connectivity index (χ0) is 23.3. The predicted octanol–water partition coefficient (Wildman–Crippen LogP) is 5.64. The van der Waals surface area contributed by atoms with E-state index in [1.54, 1.807) is 56.5 Å². The van der Waals surface area contributed by atoms with Gasteiger partial charge in [-0.25, -0.2) is 4.98 Å². The van der Waals surface area contributed by atoms with Crippen LogP contribution in [0.4, 0.5) is 5.13 Å². The van der Waals surface area contributed by atoms with E-state index < -0.39 is 23.5 Å². The molecular formula is C24H17ClN2O5S. The molecular weight excluding hydrogens is 464 g/mol. The van der Waals surface area contributed by atoms with Gasteiger partial charge < -0.3 is 14.3 Å². The molecule has 2 aromatic carbocycles. The summed E-state index contributed by atoms with van der Waals surface area (Å²) in [4.78, 5) is 32.5. The Morgan fingerprint density at radius 2 is 1.94 bits per heavy atom. The number of nitrogens with zero attached hydrogens (tertiary/aromatic N) is 2. The van der Waals surface area contributed by atoms with Crippen LogP contribution in [-0.2, 0) is 4.79 Å². The maximum absolute atomic E-state index is 13.4. The van der Waals surface area contributed by atoms with E-state index in [2.05, 4.69) is 4.98 Å². The number of rotatable bonds is 5. The van der Waals surface area contributed by atoms with Crippen LogP contribution in [0.5, 0.6) is 5.75 Å². The molecule has 1 aliphatic rings. The standard InChI is InChI=1S/C24H17ClN2O5S/c1-12-6-11-16(32-12)21(28)18-20(13-7-9-14(31-2)10-8-13)27(23(30)22(18)29)24-26-19-15(25)4-3-5-17(19)33-24/h3-11,20,29H,1-2H3. The van der Waals surface area contributed by atoms with Crippen LogP contribution in [0.1, 0.15) is 27.9 Å². The van der Waals surface area contributed by atoms with Gasteiger partial charge in [0.15, 0.2) is 16.7 Å². The summed E-state index contributed by atoms with van der Waals surface area (Å²) in [6, 6.07) is 14.5. The lowest BCUT2D eigenvalue weighted by Crippen LogP contribution is -2.30. The molecule has 1 atom stereocenters. The number of carbonyl (C=O) groups is 2. The molecule has 166 valence electrons. The minimum absolute atomic E-state index is 0.0366. The summed E-state index contributed by atoms with van der Waals surface area (Å²) in [6.07, 6.45) is 0. The highest BCUT2D eigenvalue weighted by atomic mass is 35.5. The predicted molar refractivity (Wildman–Crippen MR) is 125 cm³/mol. The summed E-state index contributed by atoms with van der Waals surface area (Å²) in [7, 11) is 1.55. The Kier molecular flexibility index (Phi) is 5.19. The third kappa shape index (κ3) is 3.48. The zero-order valence-electron chi connectivity index (χ0n) is 17.5. The third-order valence-electron chi connectivity index (χ3n) is 5.41. The Balaban J connectivity index is 1.68. The number of thiazole rings is 1. The molecule has 0 bridgehead atoms. The van der Waals surface area contributed by atoms with Gasteiger partial charge in [0.25, 0.3) is 5.91 Å². The number of methoxy groups -OCH3 is 1. The van der Waals surface area contributed by atoms with Crippen molar-refractivity contribution in [2.45, 2.75) is 13.0 Å². The monoisotopic (exact) mass is 480 g/mol. The second-order valence-corrected chi connectivity index (χ2v) is 8.85. The molecule has 4 aromatic rings. The van der Waals surface area contributed by atoms with Crippen LogP contribution < -0.4 is 9.64 Å². The quantitative estimate of drug-likeness (QED) is 0.371. The molecule has 1 unspecified atom stereocenters. The number of aliphatic hydroxyl groups is 1. The van der Waals surface area contributed by atoms with E-state index in [9.17, 15) is 14.7 Å². The van der Waals surface area contributed by atoms with E-state index in [1.807, 2.05) is 6.07 Å². The van der Waals surface area contributed by atoms with E-state index in [-0.39, 0.29) is 11.3 Å². The lowest BCUT2D eigenvalue weighted by molar-refractivity contribution is -0.117. The SMILES string of the molecule is COc1ccc(C2C(C(=O)c3ccc(C)o3)=C(O)C(=O)N2c2nc3c(Cl)cccc3s2)cc1. The highest BCUT2D eigenvalue weighted by Crippen LogP contribution is 2.45. The Morgan fingerprint density at radius 1 is 1.18 bits per heavy atom. The van der Waals surface area contributed by atoms with Crippen LogP contribution >= 0.6 is 22.9 Å². The van der Waals surface area contributed by atoms with Gasteiger partial charge in [0.05, 0.1) is 28.4 Å². The number of amides is 1. The molecule has 0 radical (unpaired) electrons. The molecule has 0 spiro atoms. The molecule has 1 aliphatic heterocycles. The Hall–Kier alpha value is -3.62. The third-order valence-corrected chi connectivity index (χ3v) is 6.74. The number of hydrogen-bond donors (Lipinski definition) is 1. The first kappa shape index (κ1) is 21.2. The fraction of sp³-hybridized carbons (Fsp3) is 0.125. The van der Waals surface area contributed by atoms with Crippen LogP contribution in [0.2, 0.25) is 5.02 Å². The van der Waals surface area contributed by atoms with Crippen molar-refractivity contribution in [3.8, 4) is 5.75 Å². The average molecular weight is 481 g/mol. The number of benzene rings is 2. The van der Waals surface area contributed by atoms with Crippen molar-refractivity contribution in [1.29, 1.82) is 0 Å². The molecule has 0 saturated heterocycles. The maximum atomic E-state index is 13.4. The molecule has 0 saturated carbocycles. The molecule has 5 rings (SSSR count). The number of carbonyl (C=O) groups excluding carboxylic acids is 2. The van der Waals surface area contributed by atoms with Gasteiger partial charge in [0, 0.05) is 0 Å². The summed E-state index contributed by atoms with van der Waals surface area (Å²) in [6.45, 7) is 1.71. The zero-order valence-corrected chi connectivity index (χ0v) is 19.1. The number of hydrogen-bond acceptors (Lipinski definition) is 7. The first-order valence-corrected chi connectivity index (χ1v) is 11.2. The minimum Gasteiger partial charge on any atom is -0.503 e. The number of fused-ring (bicyclic) bond motifs is 1. The maximum Gasteiger partial charge on any atom is 0.296 e. The van der Waals surface area contributed by atoms with Crippen LogP contribution in [0.15, 0.2) is 70.3 Å². The van der Waals surface area contributed by atoms with Crippen LogP contribution in [0, 0.1) is 6.92 Å². The van der Waals surface area contributed by atoms with E-state index in [1.165, 1.54) is 22.3 Å². The summed E-state index contributed by atoms with van der Waals surface area (Å²) in [5, 5.41) is 11.6. The lowest BCUT2D eigenvalue weighted by atomic mass is 9.95. The van der Waals surface area contributed by atoms with Gasteiger partial charge in [-0.2, -0.15) is 0 Å². The van der Waals surface area contributed by atoms with Gasteiger partial charge in [0.1, 0.15) is 17.0 Å². The largest absolute Gasteiger partial charge is 0.503 e. The van der Waals surface area contributed by atoms with E-state index in [0.29, 0.717) is 32.7 Å². The number of aryl methyl sites for hydroxylation is 1. The molecule has 2 aromatic heterocycles. The number of ketones is 1. The average Bonchev–Trinajstić information content (AvgIpc) is 3.51. The Labute approximate surface area is 197 Å². The highest BCUT2D eigenvalue weighted by molar-refractivity contribution is 7.22. The van der Waals surface area contributed by atoms with Crippen molar-refractivity contribution in [2.75, 3.05) is 12.0 Å². The molecule has 3 heterocycles. The number of para-hydroxylation sites is 1. The number of furan rings is 1. The first-order valence-electron chi connectivity index (χ1n) is 9.96. The van der Waals surface area contributed by atoms with Gasteiger partial charge in [-0.15, -0.1) is 0 Å². The van der Waals surface area contributed by atoms with Gasteiger partial charge in [-0.3, -0.25) is 14.5 Å². The summed E-state index contributed by atoms with van der Waals surface area (Å²) < 4.78 is 11.5. The second kappa shape index (κ2) is 8.06. The lowest BCUT2D eigenvalue weighted by Gasteiger charge is -2.24. The number of halogens is 1. The molecule has 33 heavy (non-hydrogen) atoms. The summed E-state index contributed by atoms with van der Waals surface area (Å²) >= 11 is 7.54. The second-order valence-electron chi connectivity index (χ2n) is 7.44. The highest BCUT2D eigenvalue weighted by Gasteiger charge is 2.46. The number of anilines is 1. The molecule has 7 nitrogen and oxygen atoms in total. The van der Waals surface area contributed by atoms with Gasteiger partial charge in [0.2, 0.25) is 5.78 Å². The minimum atomic E-state index is -0.916. The summed E-state index contributed by atoms with van der Waals surface area (Å²) in [5.41, 5.74) is 1.07. The topological polar surface area (TPSA) is 92.9 Å². The number of Topliss-reactive ketones (excluding diaryl/α,β-unsaturated/α-hetero) is 1. The van der Waals surface area contributed by atoms with Crippen molar-refractivity contribution >= 4 is 50.0 Å². The van der Waals surface area contributed by atoms with Gasteiger partial charge in [-0.1, -0.05) is 41.1 Å². The van der Waals surface area contributed by atoms with Crippen molar-refractivity contribution in [3.63, 3.8) is 0 Å². The fourth-order valence-electron chi connectivity index (χ4n) is 3.83. The Morgan fingerprint density at radius 3 is 2.58 bits per heavy atom. The van der Waals surface area contributed by atoms with Crippen molar-refractivity contribution < 1.29 is 23.8 Å². The molecule has 9 heteroatoms. The molecule has 0 fully saturated rings. The number of aromatic nitrogens is 1. The fourth-order valence-corrected chi connectivity index (χ4v) is 5.12. The number of ether oxygens (including phenoxy) is 1. The van der Waals surface area contributed by atoms with Crippen LogP contribution in [0.25, 0.3) is 10.2 Å². The van der Waals surface area contributed by atoms with Gasteiger partial charge in [-0.05, 0) is 48.9 Å². The van der Waals surface area contributed by atoms with Gasteiger partial charge >= 0.3 is 0 Å². The molecule has 0 aliphatic carbocycles. The van der Waals surface area contributed by atoms with Crippen molar-refractivity contribution in [2.24, 2.45) is 0 Å². The number of aliphatic hydroxyl groups excluding tert-OH is 1. The van der Waals surface area contributed by atoms with E-state index >= 15 is 0 Å². The normalized spacial score (nSPS) is 16.2. The molecule has 1 amide bonds. The van der Waals surface area contributed by atoms with Crippen LogP contribution in [-0.4, -0.2) is 28.9 Å². The van der Waals surface area contributed by atoms with Crippen molar-refractivity contribution in [3.05, 3.63) is 88.0 Å². The summed E-state index contributed by atoms with van der Waals surface area (Å²) in [5.74, 6) is -0.741. The van der Waals surface area contributed by atoms with E-state index in [0.717, 1.165) is 4.70 Å². The first-order chi connectivity index (χ1) is 15.9. The smallest absolute Gasteiger partial charge is 0.296 e. The van der Waals surface area contributed by atoms with E-state index in [4.69, 9.17) is 20.8 Å². The Bertz CT molecular complexity index is 1440.